The van der Waals surface area contributed by atoms with Crippen molar-refractivity contribution in [3.8, 4) is 0 Å². The lowest BCUT2D eigenvalue weighted by Crippen LogP contribution is -2.60. The Labute approximate surface area is 131 Å². The van der Waals surface area contributed by atoms with Gasteiger partial charge in [0.2, 0.25) is 0 Å². The Morgan fingerprint density at radius 1 is 0.800 bits per heavy atom. The van der Waals surface area contributed by atoms with Gasteiger partial charge in [-0.15, -0.1) is 0 Å². The second-order valence-electron chi connectivity index (χ2n) is 7.98. The second kappa shape index (κ2) is 8.27. The first-order valence-electron chi connectivity index (χ1n) is 8.44. The third-order valence-corrected chi connectivity index (χ3v) is 16.6. The lowest BCUT2D eigenvalue weighted by molar-refractivity contribution is 0.296. The maximum Gasteiger partial charge on any atom is 0.193 e. The van der Waals surface area contributed by atoms with Gasteiger partial charge in [-0.2, -0.15) is 0 Å². The van der Waals surface area contributed by atoms with Crippen molar-refractivity contribution in [3.63, 3.8) is 0 Å². The molecule has 122 valence electrons. The van der Waals surface area contributed by atoms with Gasteiger partial charge in [-0.25, -0.2) is 0 Å². The highest BCUT2D eigenvalue weighted by Gasteiger charge is 2.37. The fraction of sp³-hybridized carbons (Fsp3) is 1.00. The molecule has 0 heterocycles. The number of rotatable bonds is 10. The van der Waals surface area contributed by atoms with Crippen LogP contribution in [-0.2, 0) is 4.43 Å². The molecule has 0 rings (SSSR count). The zero-order chi connectivity index (χ0) is 16.0. The highest BCUT2D eigenvalue weighted by molar-refractivity contribution is 6.89. The van der Waals surface area contributed by atoms with Crippen LogP contribution in [0.15, 0.2) is 0 Å². The lowest BCUT2D eigenvalue weighted by atomic mass is 10.5. The van der Waals surface area contributed by atoms with Crippen LogP contribution in [0.5, 0.6) is 0 Å². The fourth-order valence-electron chi connectivity index (χ4n) is 3.19. The Balaban J connectivity index is 4.88. The van der Waals surface area contributed by atoms with E-state index in [-0.39, 0.29) is 0 Å². The van der Waals surface area contributed by atoms with E-state index in [9.17, 15) is 0 Å². The summed E-state index contributed by atoms with van der Waals surface area (Å²) in [5.41, 5.74) is 0. The van der Waals surface area contributed by atoms with Crippen LogP contribution in [0.2, 0.25) is 57.4 Å². The molecular formula is C15H39NOSi3. The molecule has 0 amide bonds. The highest BCUT2D eigenvalue weighted by Crippen LogP contribution is 2.27. The molecule has 0 saturated heterocycles. The summed E-state index contributed by atoms with van der Waals surface area (Å²) in [6.07, 6.45) is 1.15. The minimum atomic E-state index is -1.48. The normalized spacial score (nSPS) is 14.1. The van der Waals surface area contributed by atoms with E-state index in [1.54, 1.807) is 0 Å². The minimum absolute atomic E-state index is 0.966. The Kier molecular flexibility index (Phi) is 8.50. The van der Waals surface area contributed by atoms with E-state index in [0.29, 0.717) is 0 Å². The minimum Gasteiger partial charge on any atom is -0.417 e. The van der Waals surface area contributed by atoms with E-state index in [4.69, 9.17) is 4.43 Å². The van der Waals surface area contributed by atoms with E-state index >= 15 is 0 Å². The van der Waals surface area contributed by atoms with Gasteiger partial charge in [0.1, 0.15) is 16.5 Å². The molecule has 0 N–H and O–H groups in total. The lowest BCUT2D eigenvalue weighted by Gasteiger charge is -2.45. The van der Waals surface area contributed by atoms with E-state index in [1.165, 1.54) is 24.7 Å². The summed E-state index contributed by atoms with van der Waals surface area (Å²) in [4.78, 5) is 0. The molecule has 0 aliphatic carbocycles. The second-order valence-corrected chi connectivity index (χ2v) is 22.8. The van der Waals surface area contributed by atoms with Crippen LogP contribution in [0.1, 0.15) is 27.2 Å². The van der Waals surface area contributed by atoms with Gasteiger partial charge in [-0.3, -0.25) is 0 Å². The topological polar surface area (TPSA) is 12.5 Å². The number of hydrogen-bond acceptors (Lipinski definition) is 2. The van der Waals surface area contributed by atoms with Crippen molar-refractivity contribution in [2.45, 2.75) is 84.6 Å². The van der Waals surface area contributed by atoms with Crippen molar-refractivity contribution in [1.82, 2.24) is 4.23 Å². The van der Waals surface area contributed by atoms with Crippen LogP contribution in [-0.4, -0.2) is 42.2 Å². The average Bonchev–Trinajstić information content (AvgIpc) is 2.30. The van der Waals surface area contributed by atoms with Gasteiger partial charge in [-0.05, 0) is 31.1 Å². The Bertz CT molecular complexity index is 253. The first-order valence-corrected chi connectivity index (χ1v) is 17.9. The summed E-state index contributed by atoms with van der Waals surface area (Å²) in [7, 11) is -3.92. The molecule has 0 fully saturated rings. The molecule has 0 radical (unpaired) electrons. The van der Waals surface area contributed by atoms with Gasteiger partial charge in [0.05, 0.1) is 0 Å². The molecule has 0 unspecified atom stereocenters. The van der Waals surface area contributed by atoms with Crippen molar-refractivity contribution < 1.29 is 4.43 Å². The van der Waals surface area contributed by atoms with Crippen molar-refractivity contribution in [2.75, 3.05) is 13.2 Å². The summed E-state index contributed by atoms with van der Waals surface area (Å²) in [6.45, 7) is 24.2. The van der Waals surface area contributed by atoms with E-state index in [1.807, 2.05) is 0 Å². The van der Waals surface area contributed by atoms with Crippen LogP contribution in [0.4, 0.5) is 0 Å². The summed E-state index contributed by atoms with van der Waals surface area (Å²) < 4.78 is 9.32. The zero-order valence-corrected chi connectivity index (χ0v) is 18.6. The molecule has 0 aromatic rings. The quantitative estimate of drug-likeness (QED) is 0.498. The van der Waals surface area contributed by atoms with Crippen LogP contribution in [0.25, 0.3) is 0 Å². The molecule has 2 nitrogen and oxygen atoms in total. The molecule has 0 aliphatic heterocycles. The van der Waals surface area contributed by atoms with Gasteiger partial charge in [0, 0.05) is 6.61 Å². The number of hydrogen-bond donors (Lipinski definition) is 0. The molecule has 0 bridgehead atoms. The van der Waals surface area contributed by atoms with Crippen LogP contribution < -0.4 is 0 Å². The first kappa shape index (κ1) is 20.6. The number of nitrogens with zero attached hydrogens (tertiary/aromatic N) is 1. The Hall–Kier alpha value is 0.571. The predicted octanol–water partition coefficient (Wildman–Crippen LogP) is 5.37. The third kappa shape index (κ3) is 6.56. The first-order chi connectivity index (χ1) is 9.02. The maximum atomic E-state index is 6.40. The van der Waals surface area contributed by atoms with Crippen molar-refractivity contribution in [1.29, 1.82) is 0 Å². The van der Waals surface area contributed by atoms with Crippen LogP contribution in [0.3, 0.4) is 0 Å². The van der Waals surface area contributed by atoms with Crippen molar-refractivity contribution in [2.24, 2.45) is 0 Å². The SMILES string of the molecule is CCCO[Si](CC)(CC)CCN([Si](C)(C)C)[Si](C)(C)C. The summed E-state index contributed by atoms with van der Waals surface area (Å²) in [5.74, 6) is 0. The van der Waals surface area contributed by atoms with Crippen molar-refractivity contribution in [3.05, 3.63) is 0 Å². The molecule has 0 saturated carbocycles. The van der Waals surface area contributed by atoms with Gasteiger partial charge in [-0.1, -0.05) is 60.1 Å². The molecule has 0 atom stereocenters. The predicted molar refractivity (Wildman–Crippen MR) is 101 cm³/mol. The largest absolute Gasteiger partial charge is 0.417 e. The monoisotopic (exact) mass is 333 g/mol. The van der Waals surface area contributed by atoms with Gasteiger partial charge < -0.3 is 8.66 Å². The van der Waals surface area contributed by atoms with Crippen LogP contribution in [0, 0.1) is 0 Å². The van der Waals surface area contributed by atoms with E-state index in [0.717, 1.165) is 13.0 Å². The zero-order valence-electron chi connectivity index (χ0n) is 15.6. The highest BCUT2D eigenvalue weighted by atomic mass is 28.4. The molecular weight excluding hydrogens is 294 g/mol. The molecule has 0 aromatic carbocycles. The van der Waals surface area contributed by atoms with Gasteiger partial charge >= 0.3 is 0 Å². The van der Waals surface area contributed by atoms with E-state index in [2.05, 4.69) is 64.3 Å². The summed E-state index contributed by atoms with van der Waals surface area (Å²) in [6, 6.07) is 3.87. The third-order valence-electron chi connectivity index (χ3n) is 4.31. The average molecular weight is 334 g/mol. The molecule has 20 heavy (non-hydrogen) atoms. The summed E-state index contributed by atoms with van der Waals surface area (Å²) >= 11 is 0. The van der Waals surface area contributed by atoms with Gasteiger partial charge in [0.25, 0.3) is 0 Å². The van der Waals surface area contributed by atoms with E-state index < -0.39 is 24.8 Å². The Morgan fingerprint density at radius 2 is 1.25 bits per heavy atom. The molecule has 0 spiro atoms. The van der Waals surface area contributed by atoms with Crippen molar-refractivity contribution >= 4 is 24.8 Å². The molecule has 5 heteroatoms. The smallest absolute Gasteiger partial charge is 0.193 e. The molecule has 0 aromatic heterocycles. The van der Waals surface area contributed by atoms with Gasteiger partial charge in [0.15, 0.2) is 8.32 Å². The maximum absolute atomic E-state index is 6.40. The summed E-state index contributed by atoms with van der Waals surface area (Å²) in [5, 5.41) is 0. The molecule has 0 aliphatic rings. The Morgan fingerprint density at radius 3 is 1.55 bits per heavy atom. The standard InChI is InChI=1S/C15H39NOSi3/c1-10-14-17-20(11-2,12-3)15-13-16(18(4,5)6)19(7,8)9/h10-15H2,1-9H3. The fourth-order valence-corrected chi connectivity index (χ4v) is 16.3. The van der Waals surface area contributed by atoms with Crippen LogP contribution >= 0.6 is 0 Å².